The van der Waals surface area contributed by atoms with Gasteiger partial charge in [-0.25, -0.2) is 9.59 Å². The highest BCUT2D eigenvalue weighted by atomic mass is 79.9. The van der Waals surface area contributed by atoms with Crippen molar-refractivity contribution >= 4 is 27.9 Å². The molecule has 0 unspecified atom stereocenters. The molecule has 6 heteroatoms. The number of carbonyl (C=O) groups excluding carboxylic acids is 2. The number of carbonyl (C=O) groups is 2. The van der Waals surface area contributed by atoms with E-state index in [9.17, 15) is 9.59 Å². The maximum absolute atomic E-state index is 12.2. The minimum atomic E-state index is -0.558. The van der Waals surface area contributed by atoms with Crippen LogP contribution in [0.2, 0.25) is 0 Å². The third kappa shape index (κ3) is 6.37. The molecule has 0 atom stereocenters. The second-order valence-electron chi connectivity index (χ2n) is 7.64. The van der Waals surface area contributed by atoms with E-state index in [0.29, 0.717) is 11.3 Å². The van der Waals surface area contributed by atoms with Gasteiger partial charge in [0, 0.05) is 10.0 Å². The lowest BCUT2D eigenvalue weighted by molar-refractivity contribution is -0.136. The molecule has 2 rings (SSSR count). The fourth-order valence-corrected chi connectivity index (χ4v) is 2.84. The molecule has 0 fully saturated rings. The van der Waals surface area contributed by atoms with Crippen LogP contribution in [-0.2, 0) is 14.9 Å². The van der Waals surface area contributed by atoms with E-state index in [-0.39, 0.29) is 23.9 Å². The lowest BCUT2D eigenvalue weighted by atomic mass is 9.86. The molecule has 0 bridgehead atoms. The zero-order valence-corrected chi connectivity index (χ0v) is 18.3. The summed E-state index contributed by atoms with van der Waals surface area (Å²) in [4.78, 5) is 24.2. The summed E-state index contributed by atoms with van der Waals surface area (Å²) >= 11 is 3.46. The van der Waals surface area contributed by atoms with Gasteiger partial charge in [0.2, 0.25) is 0 Å². The Labute approximate surface area is 174 Å². The first-order valence-corrected chi connectivity index (χ1v) is 9.80. The van der Waals surface area contributed by atoms with Crippen LogP contribution < -0.4 is 9.47 Å². The van der Waals surface area contributed by atoms with E-state index >= 15 is 0 Å². The molecule has 0 N–H and O–H groups in total. The number of hydrogen-bond donors (Lipinski definition) is 0. The molecule has 0 aliphatic carbocycles. The molecule has 0 saturated heterocycles. The second kappa shape index (κ2) is 9.24. The van der Waals surface area contributed by atoms with Gasteiger partial charge in [0.05, 0.1) is 11.7 Å². The van der Waals surface area contributed by atoms with Crippen molar-refractivity contribution < 1.29 is 23.8 Å². The van der Waals surface area contributed by atoms with Crippen LogP contribution in [0, 0.1) is 0 Å². The number of hydrogen-bond acceptors (Lipinski definition) is 5. The van der Waals surface area contributed by atoms with E-state index in [1.165, 1.54) is 6.07 Å². The van der Waals surface area contributed by atoms with Crippen LogP contribution in [-0.4, -0.2) is 24.6 Å². The predicted molar refractivity (Wildman–Crippen MR) is 111 cm³/mol. The Morgan fingerprint density at radius 3 is 2.43 bits per heavy atom. The van der Waals surface area contributed by atoms with E-state index in [4.69, 9.17) is 14.2 Å². The molecule has 0 spiro atoms. The monoisotopic (exact) mass is 448 g/mol. The average Bonchev–Trinajstić information content (AvgIpc) is 2.59. The Hall–Kier alpha value is -2.34. The summed E-state index contributed by atoms with van der Waals surface area (Å²) in [5, 5.41) is 0. The zero-order chi connectivity index (χ0) is 20.9. The zero-order valence-electron chi connectivity index (χ0n) is 16.7. The number of rotatable bonds is 6. The normalized spacial score (nSPS) is 11.2. The quantitative estimate of drug-likeness (QED) is 0.443. The van der Waals surface area contributed by atoms with Gasteiger partial charge in [0.1, 0.15) is 11.5 Å². The van der Waals surface area contributed by atoms with E-state index in [0.717, 1.165) is 10.0 Å². The predicted octanol–water partition coefficient (Wildman–Crippen LogP) is 5.30. The van der Waals surface area contributed by atoms with Crippen LogP contribution in [0.1, 0.15) is 50.5 Å². The van der Waals surface area contributed by atoms with Gasteiger partial charge < -0.3 is 14.2 Å². The third-order valence-electron chi connectivity index (χ3n) is 3.74. The molecule has 150 valence electrons. The molecule has 0 aliphatic heterocycles. The summed E-state index contributed by atoms with van der Waals surface area (Å²) in [6.45, 7) is 9.51. The molecule has 0 amide bonds. The summed E-state index contributed by atoms with van der Waals surface area (Å²) in [6, 6.07) is 12.0. The summed E-state index contributed by atoms with van der Waals surface area (Å²) in [5.74, 6) is -0.133. The van der Waals surface area contributed by atoms with Gasteiger partial charge in [-0.3, -0.25) is 0 Å². The van der Waals surface area contributed by atoms with Gasteiger partial charge >= 0.3 is 11.9 Å². The third-order valence-corrected chi connectivity index (χ3v) is 4.23. The Bertz CT molecular complexity index is 852. The molecule has 2 aromatic carbocycles. The molecule has 0 radical (unpaired) electrons. The second-order valence-corrected chi connectivity index (χ2v) is 8.55. The summed E-state index contributed by atoms with van der Waals surface area (Å²) in [6.07, 6.45) is -0.227. The van der Waals surface area contributed by atoms with Gasteiger partial charge in [-0.2, -0.15) is 0 Å². The maximum atomic E-state index is 12.2. The molecule has 0 aliphatic rings. The van der Waals surface area contributed by atoms with Crippen LogP contribution in [0.4, 0.5) is 0 Å². The van der Waals surface area contributed by atoms with Crippen LogP contribution in [0.15, 0.2) is 46.9 Å². The standard InChI is InChI=1S/C22H25BrO5/c1-14(2)27-21(25)15-7-6-8-17(11-15)28-20(24)13-26-19-10-9-16(23)12-18(19)22(3,4)5/h6-12,14H,13H2,1-5H3. The summed E-state index contributed by atoms with van der Waals surface area (Å²) in [5.41, 5.74) is 1.16. The van der Waals surface area contributed by atoms with Gasteiger partial charge in [-0.1, -0.05) is 42.8 Å². The van der Waals surface area contributed by atoms with Crippen molar-refractivity contribution in [2.75, 3.05) is 6.61 Å². The van der Waals surface area contributed by atoms with E-state index in [1.54, 1.807) is 32.0 Å². The minimum absolute atomic E-state index is 0.145. The van der Waals surface area contributed by atoms with Crippen molar-refractivity contribution in [3.05, 3.63) is 58.1 Å². The lowest BCUT2D eigenvalue weighted by Crippen LogP contribution is -2.20. The number of esters is 2. The molecular weight excluding hydrogens is 424 g/mol. The topological polar surface area (TPSA) is 61.8 Å². The van der Waals surface area contributed by atoms with E-state index in [2.05, 4.69) is 36.7 Å². The summed E-state index contributed by atoms with van der Waals surface area (Å²) in [7, 11) is 0. The Morgan fingerprint density at radius 1 is 1.07 bits per heavy atom. The SMILES string of the molecule is CC(C)OC(=O)c1cccc(OC(=O)COc2ccc(Br)cc2C(C)(C)C)c1. The van der Waals surface area contributed by atoms with Crippen molar-refractivity contribution in [3.8, 4) is 11.5 Å². The van der Waals surface area contributed by atoms with E-state index < -0.39 is 11.9 Å². The van der Waals surface area contributed by atoms with Crippen molar-refractivity contribution in [1.29, 1.82) is 0 Å². The van der Waals surface area contributed by atoms with Gasteiger partial charge in [0.25, 0.3) is 0 Å². The van der Waals surface area contributed by atoms with Crippen LogP contribution >= 0.6 is 15.9 Å². The number of halogens is 1. The first kappa shape index (κ1) is 22.0. The van der Waals surface area contributed by atoms with Crippen LogP contribution in [0.25, 0.3) is 0 Å². The first-order chi connectivity index (χ1) is 13.1. The highest BCUT2D eigenvalue weighted by Crippen LogP contribution is 2.33. The van der Waals surface area contributed by atoms with Crippen LogP contribution in [0.3, 0.4) is 0 Å². The molecule has 0 saturated carbocycles. The number of benzene rings is 2. The highest BCUT2D eigenvalue weighted by molar-refractivity contribution is 9.10. The summed E-state index contributed by atoms with van der Waals surface area (Å²) < 4.78 is 17.1. The Kier molecular flexibility index (Phi) is 7.24. The van der Waals surface area contributed by atoms with Gasteiger partial charge in [0.15, 0.2) is 6.61 Å². The molecule has 28 heavy (non-hydrogen) atoms. The highest BCUT2D eigenvalue weighted by Gasteiger charge is 2.20. The van der Waals surface area contributed by atoms with E-state index in [1.807, 2.05) is 18.2 Å². The first-order valence-electron chi connectivity index (χ1n) is 9.01. The molecule has 2 aromatic rings. The van der Waals surface area contributed by atoms with Gasteiger partial charge in [-0.15, -0.1) is 0 Å². The van der Waals surface area contributed by atoms with Crippen LogP contribution in [0.5, 0.6) is 11.5 Å². The van der Waals surface area contributed by atoms with Crippen molar-refractivity contribution in [3.63, 3.8) is 0 Å². The largest absolute Gasteiger partial charge is 0.482 e. The maximum Gasteiger partial charge on any atom is 0.349 e. The fourth-order valence-electron chi connectivity index (χ4n) is 2.48. The molecule has 0 heterocycles. The van der Waals surface area contributed by atoms with Crippen molar-refractivity contribution in [2.24, 2.45) is 0 Å². The lowest BCUT2D eigenvalue weighted by Gasteiger charge is -2.23. The smallest absolute Gasteiger partial charge is 0.349 e. The molecule has 5 nitrogen and oxygen atoms in total. The average molecular weight is 449 g/mol. The molecule has 0 aromatic heterocycles. The minimum Gasteiger partial charge on any atom is -0.482 e. The van der Waals surface area contributed by atoms with Crippen molar-refractivity contribution in [2.45, 2.75) is 46.1 Å². The fraction of sp³-hybridized carbons (Fsp3) is 0.364. The molecular formula is C22H25BrO5. The Morgan fingerprint density at radius 2 is 1.79 bits per heavy atom. The van der Waals surface area contributed by atoms with Gasteiger partial charge in [-0.05, 0) is 55.7 Å². The Balaban J connectivity index is 2.03. The number of ether oxygens (including phenoxy) is 3. The van der Waals surface area contributed by atoms with Crippen molar-refractivity contribution in [1.82, 2.24) is 0 Å².